The number of alkyl carbamates (subject to hydrolysis) is 1. The summed E-state index contributed by atoms with van der Waals surface area (Å²) in [5, 5.41) is 8.45. The van der Waals surface area contributed by atoms with Crippen LogP contribution in [-0.2, 0) is 26.0 Å². The normalized spacial score (nSPS) is 17.1. The van der Waals surface area contributed by atoms with Crippen LogP contribution in [0.3, 0.4) is 0 Å². The lowest BCUT2D eigenvalue weighted by Gasteiger charge is -2.40. The highest BCUT2D eigenvalue weighted by molar-refractivity contribution is 7.89. The van der Waals surface area contributed by atoms with E-state index >= 15 is 4.39 Å². The standard InChI is InChI=1S/C37H39F3N4O6S/c1-23-21-41-22-28(44(23)51(47,48)30-16-14-29(49-2)15-17-30)13-18-31-32(40)11-6-12-33(31)42-36(45)35(43-37(46)50-3)34(24-7-4-9-26(38)19-24)25-8-5-10-27(39)20-25/h4-12,14-17,19-20,23,28,34-35,41H,13,18,21-22H2,1-3H3,(H,42,45)(H,43,46)/t23-,28-,35-/m0/s1. The number of rotatable bonds is 12. The molecule has 1 aliphatic heterocycles. The second-order valence-electron chi connectivity index (χ2n) is 12.2. The van der Waals surface area contributed by atoms with Gasteiger partial charge in [-0.2, -0.15) is 4.31 Å². The van der Waals surface area contributed by atoms with Gasteiger partial charge in [-0.25, -0.2) is 26.4 Å². The molecule has 1 saturated heterocycles. The van der Waals surface area contributed by atoms with Gasteiger partial charge in [-0.15, -0.1) is 0 Å². The zero-order chi connectivity index (χ0) is 36.7. The lowest BCUT2D eigenvalue weighted by molar-refractivity contribution is -0.118. The summed E-state index contributed by atoms with van der Waals surface area (Å²) >= 11 is 0. The van der Waals surface area contributed by atoms with Crippen molar-refractivity contribution in [3.05, 3.63) is 125 Å². The van der Waals surface area contributed by atoms with E-state index in [2.05, 4.69) is 16.0 Å². The summed E-state index contributed by atoms with van der Waals surface area (Å²) in [5.41, 5.74) is 0.702. The maximum absolute atomic E-state index is 15.6. The van der Waals surface area contributed by atoms with Crippen LogP contribution in [0.4, 0.5) is 23.7 Å². The van der Waals surface area contributed by atoms with Gasteiger partial charge in [0.15, 0.2) is 0 Å². The minimum atomic E-state index is -3.95. The molecule has 4 aromatic rings. The fraction of sp³-hybridized carbons (Fsp3) is 0.297. The zero-order valence-corrected chi connectivity index (χ0v) is 29.1. The second-order valence-corrected chi connectivity index (χ2v) is 14.0. The minimum absolute atomic E-state index is 0.0301. The van der Waals surface area contributed by atoms with Crippen molar-refractivity contribution in [3.8, 4) is 5.75 Å². The first-order chi connectivity index (χ1) is 24.4. The summed E-state index contributed by atoms with van der Waals surface area (Å²) < 4.78 is 83.6. The Hall–Kier alpha value is -4.92. The van der Waals surface area contributed by atoms with Crippen molar-refractivity contribution in [1.29, 1.82) is 0 Å². The van der Waals surface area contributed by atoms with Crippen molar-refractivity contribution in [3.63, 3.8) is 0 Å². The van der Waals surface area contributed by atoms with Crippen molar-refractivity contribution in [1.82, 2.24) is 14.9 Å². The van der Waals surface area contributed by atoms with E-state index < -0.39 is 63.5 Å². The molecule has 0 unspecified atom stereocenters. The molecule has 0 bridgehead atoms. The van der Waals surface area contributed by atoms with Crippen molar-refractivity contribution in [2.75, 3.05) is 32.6 Å². The molecular weight excluding hydrogens is 685 g/mol. The minimum Gasteiger partial charge on any atom is -0.497 e. The van der Waals surface area contributed by atoms with Gasteiger partial charge in [0.25, 0.3) is 0 Å². The molecule has 0 aromatic heterocycles. The lowest BCUT2D eigenvalue weighted by Crippen LogP contribution is -2.58. The molecule has 5 rings (SSSR count). The number of hydrogen-bond donors (Lipinski definition) is 3. The molecule has 0 saturated carbocycles. The maximum Gasteiger partial charge on any atom is 0.407 e. The van der Waals surface area contributed by atoms with Crippen LogP contribution in [0.1, 0.15) is 36.0 Å². The van der Waals surface area contributed by atoms with E-state index in [0.717, 1.165) is 7.11 Å². The lowest BCUT2D eigenvalue weighted by atomic mass is 9.84. The molecule has 1 heterocycles. The summed E-state index contributed by atoms with van der Waals surface area (Å²) in [7, 11) is -1.36. The van der Waals surface area contributed by atoms with Gasteiger partial charge in [-0.3, -0.25) is 4.79 Å². The van der Waals surface area contributed by atoms with Gasteiger partial charge >= 0.3 is 6.09 Å². The van der Waals surface area contributed by atoms with Crippen LogP contribution < -0.4 is 20.7 Å². The maximum atomic E-state index is 15.6. The van der Waals surface area contributed by atoms with E-state index in [1.165, 1.54) is 90.3 Å². The van der Waals surface area contributed by atoms with Crippen molar-refractivity contribution in [2.24, 2.45) is 0 Å². The van der Waals surface area contributed by atoms with E-state index in [-0.39, 0.29) is 40.1 Å². The SMILES string of the molecule is COC(=O)N[C@H](C(=O)Nc1cccc(F)c1CC[C@H]1CNC[C@H](C)N1S(=O)(=O)c1ccc(OC)cc1)C(c1cccc(F)c1)c1cccc(F)c1. The number of benzene rings is 4. The highest BCUT2D eigenvalue weighted by Crippen LogP contribution is 2.32. The molecule has 1 aliphatic rings. The van der Waals surface area contributed by atoms with Gasteiger partial charge < -0.3 is 25.4 Å². The first kappa shape index (κ1) is 37.3. The molecule has 270 valence electrons. The third kappa shape index (κ3) is 8.70. The van der Waals surface area contributed by atoms with Gasteiger partial charge in [0.05, 0.1) is 19.1 Å². The average Bonchev–Trinajstić information content (AvgIpc) is 3.11. The predicted octanol–water partition coefficient (Wildman–Crippen LogP) is 5.59. The van der Waals surface area contributed by atoms with Crippen LogP contribution in [0.25, 0.3) is 0 Å². The number of amides is 2. The molecule has 3 N–H and O–H groups in total. The summed E-state index contributed by atoms with van der Waals surface area (Å²) in [5.74, 6) is -3.28. The Bertz CT molecular complexity index is 1920. The van der Waals surface area contributed by atoms with E-state index in [4.69, 9.17) is 9.47 Å². The number of halogens is 3. The zero-order valence-electron chi connectivity index (χ0n) is 28.2. The third-order valence-corrected chi connectivity index (χ3v) is 10.9. The number of piperazine rings is 1. The molecular formula is C37H39F3N4O6S. The van der Waals surface area contributed by atoms with Crippen LogP contribution >= 0.6 is 0 Å². The molecule has 1 fully saturated rings. The fourth-order valence-corrected chi connectivity index (χ4v) is 8.29. The summed E-state index contributed by atoms with van der Waals surface area (Å²) in [6.07, 6.45) is -0.762. The number of anilines is 1. The van der Waals surface area contributed by atoms with Gasteiger partial charge in [-0.1, -0.05) is 30.3 Å². The number of ether oxygens (including phenoxy) is 2. The first-order valence-electron chi connectivity index (χ1n) is 16.2. The van der Waals surface area contributed by atoms with Crippen LogP contribution in [0, 0.1) is 17.5 Å². The van der Waals surface area contributed by atoms with E-state index in [1.807, 2.05) is 0 Å². The fourth-order valence-electron chi connectivity index (χ4n) is 6.45. The van der Waals surface area contributed by atoms with Crippen LogP contribution in [0.5, 0.6) is 5.75 Å². The number of nitrogens with zero attached hydrogens (tertiary/aromatic N) is 1. The molecule has 0 radical (unpaired) electrons. The largest absolute Gasteiger partial charge is 0.497 e. The molecule has 4 aromatic carbocycles. The topological polar surface area (TPSA) is 126 Å². The van der Waals surface area contributed by atoms with Gasteiger partial charge in [0.2, 0.25) is 15.9 Å². The molecule has 0 spiro atoms. The number of methoxy groups -OCH3 is 2. The van der Waals surface area contributed by atoms with Gasteiger partial charge in [-0.05, 0) is 91.6 Å². The van der Waals surface area contributed by atoms with Crippen molar-refractivity contribution >= 4 is 27.7 Å². The molecule has 0 aliphatic carbocycles. The number of carbonyl (C=O) groups excluding carboxylic acids is 2. The third-order valence-electron chi connectivity index (χ3n) is 8.84. The summed E-state index contributed by atoms with van der Waals surface area (Å²) in [4.78, 5) is 26.8. The number of nitrogens with one attached hydrogen (secondary N) is 3. The Morgan fingerprint density at radius 2 is 1.53 bits per heavy atom. The predicted molar refractivity (Wildman–Crippen MR) is 185 cm³/mol. The molecule has 51 heavy (non-hydrogen) atoms. The Morgan fingerprint density at radius 3 is 2.12 bits per heavy atom. The second kappa shape index (κ2) is 16.4. The highest BCUT2D eigenvalue weighted by Gasteiger charge is 2.38. The van der Waals surface area contributed by atoms with Gasteiger partial charge in [0, 0.05) is 42.3 Å². The van der Waals surface area contributed by atoms with Crippen molar-refractivity contribution < 1.29 is 40.7 Å². The molecule has 3 atom stereocenters. The molecule has 10 nitrogen and oxygen atoms in total. The summed E-state index contributed by atoms with van der Waals surface area (Å²) in [6.45, 7) is 2.51. The smallest absolute Gasteiger partial charge is 0.407 e. The monoisotopic (exact) mass is 724 g/mol. The number of sulfonamides is 1. The number of hydrogen-bond acceptors (Lipinski definition) is 7. The average molecular weight is 725 g/mol. The first-order valence-corrected chi connectivity index (χ1v) is 17.7. The molecule has 2 amide bonds. The van der Waals surface area contributed by atoms with Crippen LogP contribution in [0.15, 0.2) is 95.9 Å². The number of carbonyl (C=O) groups is 2. The van der Waals surface area contributed by atoms with E-state index in [0.29, 0.717) is 18.8 Å². The van der Waals surface area contributed by atoms with Gasteiger partial charge in [0.1, 0.15) is 29.2 Å². The quantitative estimate of drug-likeness (QED) is 0.174. The van der Waals surface area contributed by atoms with Crippen LogP contribution in [0.2, 0.25) is 0 Å². The Labute approximate surface area is 295 Å². The van der Waals surface area contributed by atoms with Crippen LogP contribution in [-0.4, -0.2) is 70.2 Å². The summed E-state index contributed by atoms with van der Waals surface area (Å²) in [6, 6.07) is 18.4. The Kier molecular flexibility index (Phi) is 12.0. The molecule has 14 heteroatoms. The van der Waals surface area contributed by atoms with E-state index in [1.54, 1.807) is 19.1 Å². The van der Waals surface area contributed by atoms with E-state index in [9.17, 15) is 26.8 Å². The Morgan fingerprint density at radius 1 is 0.902 bits per heavy atom. The highest BCUT2D eigenvalue weighted by atomic mass is 32.2. The van der Waals surface area contributed by atoms with Crippen molar-refractivity contribution in [2.45, 2.75) is 48.7 Å². The Balaban J connectivity index is 1.45.